The van der Waals surface area contributed by atoms with Crippen LogP contribution in [-0.2, 0) is 14.3 Å². The molecule has 0 aliphatic carbocycles. The normalized spacial score (nSPS) is 16.4. The molecule has 1 rings (SSSR count). The van der Waals surface area contributed by atoms with Gasteiger partial charge in [0, 0.05) is 13.6 Å². The number of hydrogen-bond acceptors (Lipinski definition) is 4. The molecule has 14 heavy (non-hydrogen) atoms. The van der Waals surface area contributed by atoms with Crippen LogP contribution in [0.15, 0.2) is 0 Å². The largest absolute Gasteiger partial charge is 0.469 e. The smallest absolute Gasteiger partial charge is 0.326 e. The number of rotatable bonds is 3. The molecule has 1 heterocycles. The predicted molar refractivity (Wildman–Crippen MR) is 46.4 cm³/mol. The van der Waals surface area contributed by atoms with Gasteiger partial charge in [0.2, 0.25) is 5.91 Å². The Labute approximate surface area is 81.4 Å². The molecule has 1 fully saturated rings. The van der Waals surface area contributed by atoms with Gasteiger partial charge in [-0.2, -0.15) is 0 Å². The average Bonchev–Trinajstić information content (AvgIpc) is 2.39. The summed E-state index contributed by atoms with van der Waals surface area (Å²) in [4.78, 5) is 35.6. The quantitative estimate of drug-likeness (QED) is 0.452. The minimum atomic E-state index is -0.430. The van der Waals surface area contributed by atoms with E-state index in [1.165, 1.54) is 12.0 Å². The van der Waals surface area contributed by atoms with Crippen molar-refractivity contribution in [2.24, 2.45) is 0 Å². The average molecular weight is 200 g/mol. The van der Waals surface area contributed by atoms with Gasteiger partial charge in [0.05, 0.1) is 13.5 Å². The first-order valence-electron chi connectivity index (χ1n) is 4.18. The molecule has 0 spiro atoms. The Hall–Kier alpha value is -1.59. The zero-order valence-electron chi connectivity index (χ0n) is 8.15. The number of carbonyl (C=O) groups excluding carboxylic acids is 3. The highest BCUT2D eigenvalue weighted by molar-refractivity contribution is 6.02. The van der Waals surface area contributed by atoms with Crippen molar-refractivity contribution in [3.05, 3.63) is 0 Å². The maximum Gasteiger partial charge on any atom is 0.326 e. The number of amides is 3. The van der Waals surface area contributed by atoms with Crippen LogP contribution in [0.1, 0.15) is 6.42 Å². The van der Waals surface area contributed by atoms with E-state index < -0.39 is 5.97 Å². The summed E-state index contributed by atoms with van der Waals surface area (Å²) < 4.78 is 4.41. The van der Waals surface area contributed by atoms with Crippen molar-refractivity contribution in [2.45, 2.75) is 6.42 Å². The van der Waals surface area contributed by atoms with Crippen molar-refractivity contribution in [1.82, 2.24) is 9.80 Å². The van der Waals surface area contributed by atoms with Crippen LogP contribution >= 0.6 is 0 Å². The number of carbonyl (C=O) groups is 3. The van der Waals surface area contributed by atoms with Gasteiger partial charge in [-0.25, -0.2) is 4.79 Å². The molecule has 0 N–H and O–H groups in total. The van der Waals surface area contributed by atoms with E-state index in [0.29, 0.717) is 0 Å². The van der Waals surface area contributed by atoms with Crippen molar-refractivity contribution in [3.63, 3.8) is 0 Å². The molecular weight excluding hydrogens is 188 g/mol. The van der Waals surface area contributed by atoms with Crippen LogP contribution in [0, 0.1) is 0 Å². The highest BCUT2D eigenvalue weighted by Crippen LogP contribution is 2.08. The third kappa shape index (κ3) is 2.01. The molecule has 3 amide bonds. The monoisotopic (exact) mass is 200 g/mol. The van der Waals surface area contributed by atoms with Crippen LogP contribution in [0.5, 0.6) is 0 Å². The molecule has 6 heteroatoms. The maximum atomic E-state index is 11.3. The number of urea groups is 1. The third-order valence-corrected chi connectivity index (χ3v) is 2.00. The number of nitrogens with zero attached hydrogens (tertiary/aromatic N) is 2. The molecule has 1 aliphatic rings. The SMILES string of the molecule is COC(=O)CCN1C(=O)CN(C)C1=O. The zero-order chi connectivity index (χ0) is 10.7. The standard InChI is InChI=1S/C8H12N2O4/c1-9-5-6(11)10(8(9)13)4-3-7(12)14-2/h3-5H2,1-2H3. The van der Waals surface area contributed by atoms with Crippen molar-refractivity contribution in [2.75, 3.05) is 27.2 Å². The van der Waals surface area contributed by atoms with E-state index in [4.69, 9.17) is 0 Å². The molecule has 0 saturated carbocycles. The molecule has 1 saturated heterocycles. The summed E-state index contributed by atoms with van der Waals surface area (Å²) in [7, 11) is 2.81. The van der Waals surface area contributed by atoms with Gasteiger partial charge in [-0.15, -0.1) is 0 Å². The lowest BCUT2D eigenvalue weighted by molar-refractivity contribution is -0.141. The van der Waals surface area contributed by atoms with Gasteiger partial charge >= 0.3 is 12.0 Å². The summed E-state index contributed by atoms with van der Waals surface area (Å²) in [5.41, 5.74) is 0. The fourth-order valence-electron chi connectivity index (χ4n) is 1.19. The second-order valence-corrected chi connectivity index (χ2v) is 3.01. The van der Waals surface area contributed by atoms with Crippen molar-refractivity contribution in [3.8, 4) is 0 Å². The van der Waals surface area contributed by atoms with Gasteiger partial charge < -0.3 is 9.64 Å². The Morgan fingerprint density at radius 2 is 2.14 bits per heavy atom. The summed E-state index contributed by atoms with van der Waals surface area (Å²) in [6.07, 6.45) is 0.0435. The zero-order valence-corrected chi connectivity index (χ0v) is 8.15. The molecule has 0 bridgehead atoms. The number of esters is 1. The Morgan fingerprint density at radius 1 is 1.50 bits per heavy atom. The molecule has 1 aliphatic heterocycles. The number of ether oxygens (including phenoxy) is 1. The van der Waals surface area contributed by atoms with Gasteiger partial charge in [-0.1, -0.05) is 0 Å². The molecule has 6 nitrogen and oxygen atoms in total. The third-order valence-electron chi connectivity index (χ3n) is 2.00. The van der Waals surface area contributed by atoms with E-state index >= 15 is 0 Å². The van der Waals surface area contributed by atoms with Crippen LogP contribution in [0.2, 0.25) is 0 Å². The molecule has 0 unspecified atom stereocenters. The first-order chi connectivity index (χ1) is 6.56. The summed E-state index contributed by atoms with van der Waals surface area (Å²) in [5.74, 6) is -0.707. The Morgan fingerprint density at radius 3 is 2.57 bits per heavy atom. The second kappa shape index (κ2) is 4.08. The minimum absolute atomic E-state index is 0.0435. The molecule has 0 radical (unpaired) electrons. The summed E-state index contributed by atoms with van der Waals surface area (Å²) in [5, 5.41) is 0. The Kier molecular flexibility index (Phi) is 3.06. The van der Waals surface area contributed by atoms with Crippen LogP contribution in [0.3, 0.4) is 0 Å². The molecule has 0 aromatic carbocycles. The van der Waals surface area contributed by atoms with E-state index in [1.807, 2.05) is 0 Å². The van der Waals surface area contributed by atoms with Crippen LogP contribution < -0.4 is 0 Å². The van der Waals surface area contributed by atoms with E-state index in [2.05, 4.69) is 4.74 Å². The van der Waals surface area contributed by atoms with Gasteiger partial charge in [0.1, 0.15) is 6.54 Å². The lowest BCUT2D eigenvalue weighted by atomic mass is 10.4. The highest BCUT2D eigenvalue weighted by Gasteiger charge is 2.33. The maximum absolute atomic E-state index is 11.3. The fourth-order valence-corrected chi connectivity index (χ4v) is 1.19. The van der Waals surface area contributed by atoms with Crippen molar-refractivity contribution < 1.29 is 19.1 Å². The molecule has 0 atom stereocenters. The van der Waals surface area contributed by atoms with Crippen molar-refractivity contribution >= 4 is 17.9 Å². The van der Waals surface area contributed by atoms with Gasteiger partial charge in [-0.3, -0.25) is 14.5 Å². The molecule has 0 aromatic rings. The predicted octanol–water partition coefficient (Wildman–Crippen LogP) is -0.557. The topological polar surface area (TPSA) is 66.9 Å². The number of methoxy groups -OCH3 is 1. The van der Waals surface area contributed by atoms with Gasteiger partial charge in [0.25, 0.3) is 0 Å². The van der Waals surface area contributed by atoms with Gasteiger partial charge in [0.15, 0.2) is 0 Å². The summed E-state index contributed by atoms with van der Waals surface area (Å²) in [6.45, 7) is 0.175. The molecular formula is C8H12N2O4. The lowest BCUT2D eigenvalue weighted by Gasteiger charge is -2.12. The Bertz CT molecular complexity index is 277. The Balaban J connectivity index is 2.48. The van der Waals surface area contributed by atoms with E-state index in [9.17, 15) is 14.4 Å². The highest BCUT2D eigenvalue weighted by atomic mass is 16.5. The van der Waals surface area contributed by atoms with E-state index in [-0.39, 0.29) is 31.4 Å². The minimum Gasteiger partial charge on any atom is -0.469 e. The number of imide groups is 1. The van der Waals surface area contributed by atoms with Crippen molar-refractivity contribution in [1.29, 1.82) is 0 Å². The lowest BCUT2D eigenvalue weighted by Crippen LogP contribution is -2.33. The first kappa shape index (κ1) is 10.5. The van der Waals surface area contributed by atoms with E-state index in [1.54, 1.807) is 7.05 Å². The second-order valence-electron chi connectivity index (χ2n) is 3.01. The van der Waals surface area contributed by atoms with Gasteiger partial charge in [-0.05, 0) is 0 Å². The molecule has 0 aromatic heterocycles. The van der Waals surface area contributed by atoms with E-state index in [0.717, 1.165) is 4.90 Å². The fraction of sp³-hybridized carbons (Fsp3) is 0.625. The molecule has 78 valence electrons. The van der Waals surface area contributed by atoms with Crippen LogP contribution in [-0.4, -0.2) is 55.0 Å². The van der Waals surface area contributed by atoms with Crippen LogP contribution in [0.4, 0.5) is 4.79 Å². The van der Waals surface area contributed by atoms with Crippen LogP contribution in [0.25, 0.3) is 0 Å². The number of likely N-dealkylation sites (N-methyl/N-ethyl adjacent to an activating group) is 1. The number of hydrogen-bond donors (Lipinski definition) is 0. The summed E-state index contributed by atoms with van der Waals surface area (Å²) in [6, 6.07) is -0.362. The first-order valence-corrected chi connectivity index (χ1v) is 4.18. The summed E-state index contributed by atoms with van der Waals surface area (Å²) >= 11 is 0.